The number of alkyl carbamates (subject to hydrolysis) is 1. The molecule has 1 aliphatic heterocycles. The number of fused-ring (bicyclic) bond motifs is 1. The fourth-order valence-corrected chi connectivity index (χ4v) is 3.12. The van der Waals surface area contributed by atoms with Gasteiger partial charge in [0.2, 0.25) is 11.3 Å². The molecule has 26 heavy (non-hydrogen) atoms. The van der Waals surface area contributed by atoms with Crippen molar-refractivity contribution in [2.45, 2.75) is 45.9 Å². The van der Waals surface area contributed by atoms with Crippen molar-refractivity contribution in [1.29, 1.82) is 0 Å². The predicted molar refractivity (Wildman–Crippen MR) is 95.8 cm³/mol. The molecular formula is C17H24N2O6S. The molecule has 9 heteroatoms. The fraction of sp³-hybridized carbons (Fsp3) is 0.529. The van der Waals surface area contributed by atoms with Crippen LogP contribution in [0.2, 0.25) is 0 Å². The summed E-state index contributed by atoms with van der Waals surface area (Å²) in [4.78, 5) is 23.6. The van der Waals surface area contributed by atoms with Crippen LogP contribution in [0.25, 0.3) is 0 Å². The molecule has 0 spiro atoms. The van der Waals surface area contributed by atoms with Gasteiger partial charge in [0.05, 0.1) is 11.6 Å². The van der Waals surface area contributed by atoms with Gasteiger partial charge in [0.25, 0.3) is 0 Å². The lowest BCUT2D eigenvalue weighted by Gasteiger charge is -2.27. The molecule has 1 aromatic carbocycles. The minimum absolute atomic E-state index is 0.126. The molecule has 0 saturated heterocycles. The fourth-order valence-electron chi connectivity index (χ4n) is 2.72. The number of amides is 1. The molecule has 1 aliphatic rings. The Morgan fingerprint density at radius 2 is 2.12 bits per heavy atom. The van der Waals surface area contributed by atoms with Crippen LogP contribution in [0, 0.1) is 6.92 Å². The first-order valence-electron chi connectivity index (χ1n) is 8.09. The van der Waals surface area contributed by atoms with Crippen LogP contribution >= 0.6 is 0 Å². The van der Waals surface area contributed by atoms with Crippen molar-refractivity contribution in [3.05, 3.63) is 34.4 Å². The third kappa shape index (κ3) is 4.60. The second kappa shape index (κ2) is 7.73. The Morgan fingerprint density at radius 3 is 2.69 bits per heavy atom. The summed E-state index contributed by atoms with van der Waals surface area (Å²) in [5, 5.41) is 2.67. The summed E-state index contributed by atoms with van der Waals surface area (Å²) in [5.74, 6) is -0.383. The van der Waals surface area contributed by atoms with Crippen molar-refractivity contribution in [3.63, 3.8) is 0 Å². The number of carbonyl (C=O) groups excluding carboxylic acids is 2. The number of hydrogen-bond acceptors (Lipinski definition) is 5. The van der Waals surface area contributed by atoms with E-state index in [1.165, 1.54) is 11.4 Å². The molecule has 1 aromatic rings. The average molecular weight is 384 g/mol. The molecule has 2 atom stereocenters. The summed E-state index contributed by atoms with van der Waals surface area (Å²) >= 11 is -2.26. The molecule has 2 N–H and O–H groups in total. The molecule has 0 aromatic heterocycles. The van der Waals surface area contributed by atoms with Crippen LogP contribution in [0.5, 0.6) is 0 Å². The molecule has 2 rings (SSSR count). The molecule has 0 aliphatic carbocycles. The lowest BCUT2D eigenvalue weighted by Crippen LogP contribution is -2.42. The molecule has 1 unspecified atom stereocenters. The van der Waals surface area contributed by atoms with E-state index in [9.17, 15) is 18.4 Å². The molecular weight excluding hydrogens is 360 g/mol. The van der Waals surface area contributed by atoms with Crippen LogP contribution in [-0.2, 0) is 27.3 Å². The van der Waals surface area contributed by atoms with E-state index in [-0.39, 0.29) is 19.2 Å². The molecule has 8 nitrogen and oxygen atoms in total. The maximum atomic E-state index is 11.9. The van der Waals surface area contributed by atoms with Crippen LogP contribution in [0.3, 0.4) is 0 Å². The van der Waals surface area contributed by atoms with Gasteiger partial charge in [-0.05, 0) is 44.9 Å². The highest BCUT2D eigenvalue weighted by Gasteiger charge is 2.30. The number of nitrogens with one attached hydrogen (secondary N) is 1. The minimum Gasteiger partial charge on any atom is -0.457 e. The first kappa shape index (κ1) is 20.3. The summed E-state index contributed by atoms with van der Waals surface area (Å²) in [6.07, 6.45) is -0.614. The molecule has 0 saturated carbocycles. The molecule has 0 bridgehead atoms. The van der Waals surface area contributed by atoms with Crippen LogP contribution in [-0.4, -0.2) is 44.3 Å². The average Bonchev–Trinajstić information content (AvgIpc) is 2.89. The van der Waals surface area contributed by atoms with Gasteiger partial charge in [-0.25, -0.2) is 13.8 Å². The van der Waals surface area contributed by atoms with E-state index in [1.54, 1.807) is 12.1 Å². The van der Waals surface area contributed by atoms with Gasteiger partial charge in [0.15, 0.2) is 0 Å². The van der Waals surface area contributed by atoms with Gasteiger partial charge < -0.3 is 14.8 Å². The smallest absolute Gasteiger partial charge is 0.407 e. The number of rotatable bonds is 5. The van der Waals surface area contributed by atoms with Crippen molar-refractivity contribution in [1.82, 2.24) is 9.62 Å². The molecule has 0 radical (unpaired) electrons. The highest BCUT2D eigenvalue weighted by molar-refractivity contribution is 7.76. The largest absolute Gasteiger partial charge is 0.457 e. The molecule has 0 fully saturated rings. The third-order valence-corrected chi connectivity index (χ3v) is 4.85. The highest BCUT2D eigenvalue weighted by atomic mass is 32.2. The topological polar surface area (TPSA) is 105 Å². The second-order valence-electron chi connectivity index (χ2n) is 7.15. The van der Waals surface area contributed by atoms with E-state index in [1.807, 2.05) is 27.7 Å². The zero-order valence-corrected chi connectivity index (χ0v) is 16.3. The van der Waals surface area contributed by atoms with E-state index in [0.717, 1.165) is 11.1 Å². The monoisotopic (exact) mass is 384 g/mol. The van der Waals surface area contributed by atoms with Crippen molar-refractivity contribution < 1.29 is 27.8 Å². The zero-order valence-electron chi connectivity index (χ0n) is 15.5. The Balaban J connectivity index is 2.28. The van der Waals surface area contributed by atoms with Crippen LogP contribution in [0.4, 0.5) is 4.79 Å². The van der Waals surface area contributed by atoms with Gasteiger partial charge in [-0.1, -0.05) is 6.07 Å². The predicted octanol–water partition coefficient (Wildman–Crippen LogP) is 2.30. The Bertz CT molecular complexity index is 744. The Morgan fingerprint density at radius 1 is 1.46 bits per heavy atom. The number of carbonyl (C=O) groups is 2. The summed E-state index contributed by atoms with van der Waals surface area (Å²) in [5.41, 5.74) is 2.24. The van der Waals surface area contributed by atoms with Crippen molar-refractivity contribution in [2.75, 3.05) is 13.7 Å². The van der Waals surface area contributed by atoms with E-state index >= 15 is 0 Å². The lowest BCUT2D eigenvalue weighted by atomic mass is 9.94. The van der Waals surface area contributed by atoms with Gasteiger partial charge in [0, 0.05) is 18.2 Å². The summed E-state index contributed by atoms with van der Waals surface area (Å²) in [6, 6.07) is 2.66. The number of nitrogens with zero attached hydrogens (tertiary/aromatic N) is 1. The summed E-state index contributed by atoms with van der Waals surface area (Å²) in [7, 11) is 1.46. The quantitative estimate of drug-likeness (QED) is 0.596. The number of ether oxygens (including phenoxy) is 2. The van der Waals surface area contributed by atoms with Crippen molar-refractivity contribution in [3.8, 4) is 0 Å². The Labute approximate surface area is 155 Å². The normalized spacial score (nSPS) is 16.0. The van der Waals surface area contributed by atoms with Crippen LogP contribution in [0.1, 0.15) is 53.9 Å². The van der Waals surface area contributed by atoms with Gasteiger partial charge in [-0.3, -0.25) is 4.55 Å². The SMILES string of the molecule is Cc1c([C@H](COC(=O)NC(C)(C)C)N(C)S(=O)O)ccc2c1COC2=O. The maximum absolute atomic E-state index is 11.9. The number of hydrogen-bond donors (Lipinski definition) is 2. The summed E-state index contributed by atoms with van der Waals surface area (Å²) < 4.78 is 32.6. The second-order valence-corrected chi connectivity index (χ2v) is 8.19. The number of esters is 1. The van der Waals surface area contributed by atoms with E-state index in [4.69, 9.17) is 9.47 Å². The van der Waals surface area contributed by atoms with E-state index in [0.29, 0.717) is 11.1 Å². The molecule has 1 heterocycles. The minimum atomic E-state index is -2.26. The first-order chi connectivity index (χ1) is 12.0. The van der Waals surface area contributed by atoms with Crippen molar-refractivity contribution >= 4 is 23.3 Å². The van der Waals surface area contributed by atoms with Crippen molar-refractivity contribution in [2.24, 2.45) is 0 Å². The first-order valence-corrected chi connectivity index (χ1v) is 9.16. The lowest BCUT2D eigenvalue weighted by molar-refractivity contribution is 0.0534. The van der Waals surface area contributed by atoms with Crippen LogP contribution in [0.15, 0.2) is 12.1 Å². The Hall–Kier alpha value is -1.97. The van der Waals surface area contributed by atoms with Gasteiger partial charge in [-0.2, -0.15) is 4.31 Å². The van der Waals surface area contributed by atoms with E-state index in [2.05, 4.69) is 5.32 Å². The Kier molecular flexibility index (Phi) is 6.05. The van der Waals surface area contributed by atoms with Crippen LogP contribution < -0.4 is 5.32 Å². The van der Waals surface area contributed by atoms with Gasteiger partial charge in [-0.15, -0.1) is 0 Å². The zero-order chi connectivity index (χ0) is 19.6. The van der Waals surface area contributed by atoms with Gasteiger partial charge >= 0.3 is 12.1 Å². The maximum Gasteiger partial charge on any atom is 0.407 e. The van der Waals surface area contributed by atoms with E-state index < -0.39 is 28.9 Å². The standard InChI is InChI=1S/C17H24N2O6S/c1-10-11(6-7-12-13(10)8-24-15(12)20)14(19(5)26(22)23)9-25-16(21)18-17(2,3)4/h6-7,14H,8-9H2,1-5H3,(H,18,21)(H,22,23)/t14-/m0/s1. The number of likely N-dealkylation sites (N-methyl/N-ethyl adjacent to an activating group) is 1. The number of benzene rings is 1. The summed E-state index contributed by atoms with van der Waals surface area (Å²) in [6.45, 7) is 7.32. The molecule has 144 valence electrons. The highest BCUT2D eigenvalue weighted by Crippen LogP contribution is 2.31. The van der Waals surface area contributed by atoms with Gasteiger partial charge in [0.1, 0.15) is 13.2 Å². The molecule has 1 amide bonds. The third-order valence-electron chi connectivity index (χ3n) is 4.10. The number of cyclic esters (lactones) is 1.